The van der Waals surface area contributed by atoms with E-state index in [-0.39, 0.29) is 11.9 Å². The van der Waals surface area contributed by atoms with E-state index in [1.165, 1.54) is 0 Å². The van der Waals surface area contributed by atoms with Crippen LogP contribution in [0.15, 0.2) is 36.7 Å². The standard InChI is InChI=1S/C20H26N4O2/c1-14-5-6-15(2)18(13-14)26-16(3)19(25)24-11-7-17(8-12-24)23-20-21-9-4-10-22-20/h4-6,9-10,13,16-17H,7-8,11-12H2,1-3H3,(H,21,22,23). The molecule has 2 heterocycles. The smallest absolute Gasteiger partial charge is 0.263 e. The number of aryl methyl sites for hydroxylation is 2. The van der Waals surface area contributed by atoms with Crippen LogP contribution in [0.5, 0.6) is 5.75 Å². The Balaban J connectivity index is 1.52. The van der Waals surface area contributed by atoms with E-state index in [1.807, 2.05) is 43.9 Å². The summed E-state index contributed by atoms with van der Waals surface area (Å²) in [6.45, 7) is 7.27. The van der Waals surface area contributed by atoms with E-state index < -0.39 is 6.10 Å². The monoisotopic (exact) mass is 354 g/mol. The third-order valence-corrected chi connectivity index (χ3v) is 4.70. The van der Waals surface area contributed by atoms with Gasteiger partial charge in [0.25, 0.3) is 5.91 Å². The van der Waals surface area contributed by atoms with E-state index in [0.717, 1.165) is 29.7 Å². The summed E-state index contributed by atoms with van der Waals surface area (Å²) in [5.74, 6) is 1.47. The van der Waals surface area contributed by atoms with Crippen LogP contribution in [-0.2, 0) is 4.79 Å². The zero-order valence-electron chi connectivity index (χ0n) is 15.6. The molecule has 1 aliphatic heterocycles. The Morgan fingerprint density at radius 2 is 1.92 bits per heavy atom. The first-order valence-corrected chi connectivity index (χ1v) is 9.09. The largest absolute Gasteiger partial charge is 0.481 e. The van der Waals surface area contributed by atoms with Crippen molar-refractivity contribution >= 4 is 11.9 Å². The first-order chi connectivity index (χ1) is 12.5. The van der Waals surface area contributed by atoms with Crippen LogP contribution in [0.3, 0.4) is 0 Å². The minimum absolute atomic E-state index is 0.0420. The molecule has 1 aliphatic rings. The molecule has 26 heavy (non-hydrogen) atoms. The van der Waals surface area contributed by atoms with Crippen LogP contribution < -0.4 is 10.1 Å². The fourth-order valence-electron chi connectivity index (χ4n) is 3.13. The highest BCUT2D eigenvalue weighted by Crippen LogP contribution is 2.22. The molecule has 6 heteroatoms. The molecule has 0 bridgehead atoms. The lowest BCUT2D eigenvalue weighted by atomic mass is 10.0. The van der Waals surface area contributed by atoms with E-state index in [4.69, 9.17) is 4.74 Å². The van der Waals surface area contributed by atoms with Gasteiger partial charge in [-0.2, -0.15) is 0 Å². The van der Waals surface area contributed by atoms with Gasteiger partial charge in [-0.15, -0.1) is 0 Å². The van der Waals surface area contributed by atoms with Crippen molar-refractivity contribution in [3.05, 3.63) is 47.8 Å². The van der Waals surface area contributed by atoms with Crippen molar-refractivity contribution in [3.63, 3.8) is 0 Å². The van der Waals surface area contributed by atoms with Crippen LogP contribution in [0, 0.1) is 13.8 Å². The van der Waals surface area contributed by atoms with Gasteiger partial charge in [-0.3, -0.25) is 4.79 Å². The molecule has 1 aromatic carbocycles. The number of piperidine rings is 1. The molecule has 1 amide bonds. The molecular formula is C20H26N4O2. The highest BCUT2D eigenvalue weighted by atomic mass is 16.5. The second-order valence-electron chi connectivity index (χ2n) is 6.85. The lowest BCUT2D eigenvalue weighted by Gasteiger charge is -2.34. The SMILES string of the molecule is Cc1ccc(C)c(OC(C)C(=O)N2CCC(Nc3ncccn3)CC2)c1. The maximum atomic E-state index is 12.7. The van der Waals surface area contributed by atoms with Crippen molar-refractivity contribution in [2.75, 3.05) is 18.4 Å². The summed E-state index contributed by atoms with van der Waals surface area (Å²) in [5.41, 5.74) is 2.17. The van der Waals surface area contributed by atoms with E-state index in [2.05, 4.69) is 15.3 Å². The number of nitrogens with zero attached hydrogens (tertiary/aromatic N) is 3. The molecule has 6 nitrogen and oxygen atoms in total. The summed E-state index contributed by atoms with van der Waals surface area (Å²) in [4.78, 5) is 23.0. The van der Waals surface area contributed by atoms with Gasteiger partial charge in [0.15, 0.2) is 6.10 Å². The number of likely N-dealkylation sites (tertiary alicyclic amines) is 1. The third kappa shape index (κ3) is 4.50. The molecule has 0 aliphatic carbocycles. The van der Waals surface area contributed by atoms with E-state index in [9.17, 15) is 4.79 Å². The van der Waals surface area contributed by atoms with Crippen LogP contribution in [-0.4, -0.2) is 46.0 Å². The van der Waals surface area contributed by atoms with Gasteiger partial charge >= 0.3 is 0 Å². The summed E-state index contributed by atoms with van der Waals surface area (Å²) < 4.78 is 5.94. The number of hydrogen-bond acceptors (Lipinski definition) is 5. The molecule has 1 aromatic heterocycles. The predicted molar refractivity (Wildman–Crippen MR) is 101 cm³/mol. The van der Waals surface area contributed by atoms with Gasteiger partial charge in [0.05, 0.1) is 0 Å². The van der Waals surface area contributed by atoms with Gasteiger partial charge in [0.1, 0.15) is 5.75 Å². The molecular weight excluding hydrogens is 328 g/mol. The Hall–Kier alpha value is -2.63. The number of amides is 1. The number of nitrogens with one attached hydrogen (secondary N) is 1. The fourth-order valence-corrected chi connectivity index (χ4v) is 3.13. The van der Waals surface area contributed by atoms with Crippen molar-refractivity contribution in [1.29, 1.82) is 0 Å². The van der Waals surface area contributed by atoms with Crippen molar-refractivity contribution in [2.45, 2.75) is 45.8 Å². The average Bonchev–Trinajstić information content (AvgIpc) is 2.65. The molecule has 0 radical (unpaired) electrons. The minimum atomic E-state index is -0.488. The second-order valence-corrected chi connectivity index (χ2v) is 6.85. The molecule has 1 unspecified atom stereocenters. The molecule has 2 aromatic rings. The first-order valence-electron chi connectivity index (χ1n) is 9.09. The average molecular weight is 354 g/mol. The number of anilines is 1. The molecule has 0 spiro atoms. The molecule has 1 saturated heterocycles. The number of ether oxygens (including phenoxy) is 1. The van der Waals surface area contributed by atoms with Gasteiger partial charge in [-0.25, -0.2) is 9.97 Å². The van der Waals surface area contributed by atoms with Crippen LogP contribution in [0.4, 0.5) is 5.95 Å². The zero-order chi connectivity index (χ0) is 18.5. The lowest BCUT2D eigenvalue weighted by molar-refractivity contribution is -0.138. The highest BCUT2D eigenvalue weighted by Gasteiger charge is 2.27. The Morgan fingerprint density at radius 1 is 1.23 bits per heavy atom. The number of hydrogen-bond donors (Lipinski definition) is 1. The summed E-state index contributed by atoms with van der Waals surface area (Å²) >= 11 is 0. The maximum Gasteiger partial charge on any atom is 0.263 e. The molecule has 0 saturated carbocycles. The number of benzene rings is 1. The Labute approximate surface area is 154 Å². The van der Waals surface area contributed by atoms with Gasteiger partial charge in [-0.05, 0) is 56.9 Å². The Morgan fingerprint density at radius 3 is 2.62 bits per heavy atom. The molecule has 3 rings (SSSR count). The van der Waals surface area contributed by atoms with Crippen LogP contribution in [0.2, 0.25) is 0 Å². The quantitative estimate of drug-likeness (QED) is 0.894. The predicted octanol–water partition coefficient (Wildman–Crippen LogP) is 2.96. The van der Waals surface area contributed by atoms with Crippen molar-refractivity contribution in [2.24, 2.45) is 0 Å². The molecule has 1 fully saturated rings. The summed E-state index contributed by atoms with van der Waals surface area (Å²) in [7, 11) is 0. The number of carbonyl (C=O) groups is 1. The van der Waals surface area contributed by atoms with E-state index >= 15 is 0 Å². The zero-order valence-corrected chi connectivity index (χ0v) is 15.6. The summed E-state index contributed by atoms with van der Waals surface area (Å²) in [6, 6.07) is 8.13. The van der Waals surface area contributed by atoms with Gasteiger partial charge in [0, 0.05) is 31.5 Å². The summed E-state index contributed by atoms with van der Waals surface area (Å²) in [5, 5.41) is 3.33. The van der Waals surface area contributed by atoms with Gasteiger partial charge in [0.2, 0.25) is 5.95 Å². The van der Waals surface area contributed by atoms with Crippen LogP contribution >= 0.6 is 0 Å². The normalized spacial score (nSPS) is 16.2. The highest BCUT2D eigenvalue weighted by molar-refractivity contribution is 5.81. The van der Waals surface area contributed by atoms with Crippen molar-refractivity contribution in [3.8, 4) is 5.75 Å². The maximum absolute atomic E-state index is 12.7. The Kier molecular flexibility index (Phi) is 5.71. The third-order valence-electron chi connectivity index (χ3n) is 4.70. The molecule has 1 atom stereocenters. The van der Waals surface area contributed by atoms with Gasteiger partial charge in [-0.1, -0.05) is 12.1 Å². The van der Waals surface area contributed by atoms with Crippen LogP contribution in [0.25, 0.3) is 0 Å². The van der Waals surface area contributed by atoms with Crippen molar-refractivity contribution < 1.29 is 9.53 Å². The second kappa shape index (κ2) is 8.17. The number of aromatic nitrogens is 2. The number of carbonyl (C=O) groups excluding carboxylic acids is 1. The minimum Gasteiger partial charge on any atom is -0.481 e. The lowest BCUT2D eigenvalue weighted by Crippen LogP contribution is -2.47. The summed E-state index contributed by atoms with van der Waals surface area (Å²) in [6.07, 6.45) is 4.71. The fraction of sp³-hybridized carbons (Fsp3) is 0.450. The van der Waals surface area contributed by atoms with Crippen molar-refractivity contribution in [1.82, 2.24) is 14.9 Å². The van der Waals surface area contributed by atoms with Crippen LogP contribution in [0.1, 0.15) is 30.9 Å². The number of rotatable bonds is 5. The first kappa shape index (κ1) is 18.2. The van der Waals surface area contributed by atoms with E-state index in [0.29, 0.717) is 19.0 Å². The molecule has 138 valence electrons. The Bertz CT molecular complexity index is 743. The van der Waals surface area contributed by atoms with Gasteiger partial charge < -0.3 is 15.0 Å². The van der Waals surface area contributed by atoms with E-state index in [1.54, 1.807) is 18.5 Å². The topological polar surface area (TPSA) is 67.3 Å². The molecule has 1 N–H and O–H groups in total.